The van der Waals surface area contributed by atoms with Gasteiger partial charge >= 0.3 is 6.09 Å². The number of carbonyl (C=O) groups excluding carboxylic acids is 1. The second-order valence-electron chi connectivity index (χ2n) is 13.0. The van der Waals surface area contributed by atoms with Gasteiger partial charge in [-0.15, -0.1) is 18.2 Å². The molecule has 50 heavy (non-hydrogen) atoms. The summed E-state index contributed by atoms with van der Waals surface area (Å²) < 4.78 is 33.5. The molecular formula is C38H48ClFN2O8. The topological polar surface area (TPSA) is 130 Å². The summed E-state index contributed by atoms with van der Waals surface area (Å²) in [6.45, 7) is 4.18. The van der Waals surface area contributed by atoms with Gasteiger partial charge in [0.2, 0.25) is 5.79 Å². The molecule has 5 rings (SSSR count). The van der Waals surface area contributed by atoms with E-state index >= 15 is 0 Å². The summed E-state index contributed by atoms with van der Waals surface area (Å²) in [4.78, 5) is 21.1. The first-order valence-corrected chi connectivity index (χ1v) is 17.9. The van der Waals surface area contributed by atoms with Gasteiger partial charge in [0, 0.05) is 37.7 Å². The number of rotatable bonds is 17. The van der Waals surface area contributed by atoms with Crippen LogP contribution in [0.1, 0.15) is 62.0 Å². The molecular weight excluding hydrogens is 667 g/mol. The molecule has 0 radical (unpaired) electrons. The van der Waals surface area contributed by atoms with E-state index in [-0.39, 0.29) is 68.8 Å². The summed E-state index contributed by atoms with van der Waals surface area (Å²) in [6, 6.07) is 10.1. The van der Waals surface area contributed by atoms with Crippen LogP contribution >= 0.6 is 11.6 Å². The predicted molar refractivity (Wildman–Crippen MR) is 188 cm³/mol. The highest BCUT2D eigenvalue weighted by Crippen LogP contribution is 2.62. The van der Waals surface area contributed by atoms with Gasteiger partial charge in [0.15, 0.2) is 0 Å². The number of amides is 1. The maximum Gasteiger partial charge on any atom is 0.410 e. The highest BCUT2D eigenvalue weighted by molar-refractivity contribution is 6.18. The van der Waals surface area contributed by atoms with Gasteiger partial charge in [0.25, 0.3) is 0 Å². The van der Waals surface area contributed by atoms with Crippen molar-refractivity contribution in [1.82, 2.24) is 4.90 Å². The van der Waals surface area contributed by atoms with Crippen LogP contribution in [-0.2, 0) is 20.9 Å². The van der Waals surface area contributed by atoms with Crippen LogP contribution in [0.5, 0.6) is 11.5 Å². The lowest BCUT2D eigenvalue weighted by molar-refractivity contribution is -0.256. The molecule has 10 nitrogen and oxygen atoms in total. The van der Waals surface area contributed by atoms with Crippen molar-refractivity contribution >= 4 is 23.4 Å². The molecule has 1 saturated carbocycles. The fraction of sp³-hybridized carbons (Fsp3) is 0.526. The summed E-state index contributed by atoms with van der Waals surface area (Å²) in [5.74, 6) is -1.93. The third-order valence-corrected chi connectivity index (χ3v) is 10.2. The fourth-order valence-electron chi connectivity index (χ4n) is 8.07. The molecule has 2 aliphatic carbocycles. The van der Waals surface area contributed by atoms with Gasteiger partial charge in [0.05, 0.1) is 24.1 Å². The molecule has 0 spiro atoms. The number of aromatic hydroxyl groups is 1. The number of benzene rings is 2. The number of aliphatic hydroxyl groups is 2. The number of hydrogen-bond acceptors (Lipinski definition) is 9. The average molecular weight is 715 g/mol. The zero-order valence-corrected chi connectivity index (χ0v) is 29.3. The Balaban J connectivity index is 1.76. The van der Waals surface area contributed by atoms with Gasteiger partial charge in [0.1, 0.15) is 37.1 Å². The zero-order valence-electron chi connectivity index (χ0n) is 28.5. The third kappa shape index (κ3) is 7.96. The Bertz CT molecular complexity index is 1520. The number of nitrogens with zero attached hydrogens (tertiary/aromatic N) is 2. The maximum absolute atomic E-state index is 14.1. The number of allylic oxidation sites excluding steroid dienone is 1. The van der Waals surface area contributed by atoms with Crippen molar-refractivity contribution in [3.8, 4) is 11.5 Å². The van der Waals surface area contributed by atoms with Gasteiger partial charge in [-0.3, -0.25) is 4.90 Å². The number of hydrogen-bond donors (Lipinski definition) is 3. The highest BCUT2D eigenvalue weighted by atomic mass is 35.5. The first-order valence-electron chi connectivity index (χ1n) is 17.4. The number of phenolic OH excluding ortho intramolecular Hbond substituents is 1. The summed E-state index contributed by atoms with van der Waals surface area (Å²) in [5.41, 5.74) is 2.96. The number of alkyl halides is 1. The second-order valence-corrected chi connectivity index (χ2v) is 13.4. The van der Waals surface area contributed by atoms with E-state index in [9.17, 15) is 24.5 Å². The first-order chi connectivity index (χ1) is 24.3. The van der Waals surface area contributed by atoms with Gasteiger partial charge in [-0.05, 0) is 79.0 Å². The van der Waals surface area contributed by atoms with E-state index in [0.717, 1.165) is 36.8 Å². The first kappa shape index (κ1) is 37.6. The lowest BCUT2D eigenvalue weighted by Crippen LogP contribution is -2.70. The molecule has 2 aromatic rings. The van der Waals surface area contributed by atoms with Crippen molar-refractivity contribution in [3.63, 3.8) is 0 Å². The van der Waals surface area contributed by atoms with Crippen molar-refractivity contribution in [2.75, 3.05) is 39.4 Å². The second kappa shape index (κ2) is 17.5. The van der Waals surface area contributed by atoms with E-state index in [1.54, 1.807) is 41.3 Å². The Kier molecular flexibility index (Phi) is 13.2. The van der Waals surface area contributed by atoms with E-state index in [0.29, 0.717) is 29.9 Å². The number of unbranched alkanes of at least 4 members (excludes halogenated alkanes) is 2. The highest BCUT2D eigenvalue weighted by Gasteiger charge is 2.65. The molecule has 12 heteroatoms. The smallest absolute Gasteiger partial charge is 0.410 e. The van der Waals surface area contributed by atoms with Crippen LogP contribution in [0, 0.1) is 23.6 Å². The van der Waals surface area contributed by atoms with Crippen molar-refractivity contribution in [1.29, 1.82) is 0 Å². The number of fused-ring (bicyclic) bond motifs is 2. The Hall–Kier alpha value is -3.64. The summed E-state index contributed by atoms with van der Waals surface area (Å²) in [7, 11) is 1.48. The standard InChI is InChI=1S/C38H48ClFN2O8/c1-3-19-49-38-34(42(37(46)48-20-16-39)24-25-10-12-27(40)13-11-25)23-32(41-47-2)30-21-26(8-4-6-17-43)29(9-5-7-18-44)35(36(30)38)31-22-28(45)14-15-33(31)50-38/h3,10-15,21-22,26,29,34-36,43-45H,1,4-9,16-20,23-24H2,2H3. The van der Waals surface area contributed by atoms with Gasteiger partial charge < -0.3 is 34.4 Å². The molecule has 1 amide bonds. The molecule has 1 heterocycles. The molecule has 3 N–H and O–H groups in total. The monoisotopic (exact) mass is 714 g/mol. The number of phenols is 1. The van der Waals surface area contributed by atoms with E-state index in [1.165, 1.54) is 19.2 Å². The Morgan fingerprint density at radius 3 is 2.56 bits per heavy atom. The van der Waals surface area contributed by atoms with E-state index in [1.807, 2.05) is 0 Å². The molecule has 2 aromatic carbocycles. The molecule has 0 bridgehead atoms. The SMILES string of the molecule is C=CCOC12Oc3ccc(O)cc3C3C(CCCCO)C(CCCCO)C=C(C(=NOC)CC1N(Cc1ccc(F)cc1)C(=O)OCCCl)C32. The lowest BCUT2D eigenvalue weighted by Gasteiger charge is -2.59. The minimum atomic E-state index is -1.49. The van der Waals surface area contributed by atoms with Crippen molar-refractivity contribution in [3.05, 3.63) is 83.7 Å². The van der Waals surface area contributed by atoms with Crippen molar-refractivity contribution in [2.45, 2.75) is 69.2 Å². The molecule has 6 unspecified atom stereocenters. The Labute approximate surface area is 298 Å². The Morgan fingerprint density at radius 1 is 1.14 bits per heavy atom. The van der Waals surface area contributed by atoms with Gasteiger partial charge in [-0.2, -0.15) is 0 Å². The molecule has 272 valence electrons. The van der Waals surface area contributed by atoms with Crippen LogP contribution in [0.4, 0.5) is 9.18 Å². The van der Waals surface area contributed by atoms with Crippen LogP contribution in [0.25, 0.3) is 0 Å². The summed E-state index contributed by atoms with van der Waals surface area (Å²) in [5, 5.41) is 34.7. The van der Waals surface area contributed by atoms with Crippen molar-refractivity contribution in [2.24, 2.45) is 22.9 Å². The molecule has 6 atom stereocenters. The summed E-state index contributed by atoms with van der Waals surface area (Å²) in [6.07, 6.45) is 7.81. The quantitative estimate of drug-likeness (QED) is 0.0717. The molecule has 1 aliphatic heterocycles. The van der Waals surface area contributed by atoms with E-state index in [2.05, 4.69) is 17.8 Å². The van der Waals surface area contributed by atoms with Crippen LogP contribution in [0.15, 0.2) is 71.9 Å². The largest absolute Gasteiger partial charge is 0.508 e. The van der Waals surface area contributed by atoms with E-state index in [4.69, 9.17) is 30.6 Å². The minimum absolute atomic E-state index is 0.0152. The predicted octanol–water partition coefficient (Wildman–Crippen LogP) is 6.67. The van der Waals surface area contributed by atoms with Crippen LogP contribution in [0.3, 0.4) is 0 Å². The maximum atomic E-state index is 14.1. The number of oxime groups is 1. The van der Waals surface area contributed by atoms with Crippen LogP contribution in [0.2, 0.25) is 0 Å². The van der Waals surface area contributed by atoms with Gasteiger partial charge in [-0.25, -0.2) is 9.18 Å². The number of aliphatic hydroxyl groups excluding tert-OH is 2. The number of ether oxygens (including phenoxy) is 3. The fourth-order valence-corrected chi connectivity index (χ4v) is 8.14. The van der Waals surface area contributed by atoms with Crippen LogP contribution < -0.4 is 4.74 Å². The molecule has 3 aliphatic rings. The molecule has 0 saturated heterocycles. The number of halogens is 2. The Morgan fingerprint density at radius 2 is 1.88 bits per heavy atom. The normalized spacial score (nSPS) is 25.9. The number of carbonyl (C=O) groups is 1. The molecule has 0 aromatic heterocycles. The lowest BCUT2D eigenvalue weighted by atomic mass is 9.55. The minimum Gasteiger partial charge on any atom is -0.508 e. The van der Waals surface area contributed by atoms with E-state index < -0.39 is 29.7 Å². The third-order valence-electron chi connectivity index (χ3n) is 10.0. The van der Waals surface area contributed by atoms with Crippen LogP contribution in [-0.4, -0.2) is 83.3 Å². The zero-order chi connectivity index (χ0) is 35.7. The average Bonchev–Trinajstić information content (AvgIpc) is 3.11. The summed E-state index contributed by atoms with van der Waals surface area (Å²) >= 11 is 5.95. The molecule has 1 fully saturated rings. The van der Waals surface area contributed by atoms with Crippen molar-refractivity contribution < 1.29 is 43.6 Å². The van der Waals surface area contributed by atoms with Gasteiger partial charge in [-0.1, -0.05) is 42.3 Å².